The van der Waals surface area contributed by atoms with Crippen LogP contribution in [-0.2, 0) is 5.41 Å². The van der Waals surface area contributed by atoms with Crippen molar-refractivity contribution in [2.45, 2.75) is 30.6 Å². The maximum absolute atomic E-state index is 7.00. The minimum atomic E-state index is -0.583. The second kappa shape index (κ2) is 11.9. The molecular weight excluding hydrogens is 646 g/mol. The Labute approximate surface area is 302 Å². The highest BCUT2D eigenvalue weighted by Gasteiger charge is 2.51. The lowest BCUT2D eigenvalue weighted by Gasteiger charge is -2.40. The van der Waals surface area contributed by atoms with Crippen LogP contribution >= 0.6 is 11.6 Å². The second-order valence-electron chi connectivity index (χ2n) is 13.5. The Hall–Kier alpha value is -5.84. The molecule has 0 radical (unpaired) electrons. The molecule has 0 amide bonds. The Morgan fingerprint density at radius 2 is 1.20 bits per heavy atom. The van der Waals surface area contributed by atoms with Gasteiger partial charge < -0.3 is 4.74 Å². The van der Waals surface area contributed by atoms with E-state index in [1.807, 2.05) is 30.3 Å². The van der Waals surface area contributed by atoms with Crippen molar-refractivity contribution in [1.82, 2.24) is 15.0 Å². The summed E-state index contributed by atoms with van der Waals surface area (Å²) in [7, 11) is 0. The summed E-state index contributed by atoms with van der Waals surface area (Å²) >= 11 is 7.00. The van der Waals surface area contributed by atoms with Gasteiger partial charge in [-0.1, -0.05) is 151 Å². The van der Waals surface area contributed by atoms with Crippen LogP contribution in [0.4, 0.5) is 0 Å². The fourth-order valence-electron chi connectivity index (χ4n) is 8.40. The maximum atomic E-state index is 7.00. The molecule has 2 atom stereocenters. The van der Waals surface area contributed by atoms with E-state index in [0.717, 1.165) is 86.1 Å². The standard InChI is InChI=1S/C46H32ClN3O/c47-39-23-12-21-37-41(39)34-17-7-8-19-35(34)46(37)36-20-9-10-24-40(36)51-42-33(18-11-22-38(42)46)29-25-27-32(28-26-29)45-49-43(30-13-3-1-4-14-30)48-44(50-45)31-15-5-2-6-16-31/h1-5,7-14,17-28,31H,6,15-16H2. The highest BCUT2D eigenvalue weighted by molar-refractivity contribution is 6.34. The predicted octanol–water partition coefficient (Wildman–Crippen LogP) is 11.8. The van der Waals surface area contributed by atoms with Gasteiger partial charge >= 0.3 is 0 Å². The van der Waals surface area contributed by atoms with E-state index in [9.17, 15) is 0 Å². The first kappa shape index (κ1) is 30.0. The van der Waals surface area contributed by atoms with Crippen LogP contribution in [0.2, 0.25) is 5.02 Å². The van der Waals surface area contributed by atoms with E-state index in [2.05, 4.69) is 121 Å². The van der Waals surface area contributed by atoms with Crippen molar-refractivity contribution in [3.05, 3.63) is 185 Å². The van der Waals surface area contributed by atoms with Crippen molar-refractivity contribution in [2.24, 2.45) is 0 Å². The summed E-state index contributed by atoms with van der Waals surface area (Å²) in [5.41, 5.74) is 10.3. The number of fused-ring (bicyclic) bond motifs is 9. The number of allylic oxidation sites excluding steroid dienone is 2. The van der Waals surface area contributed by atoms with E-state index < -0.39 is 5.41 Å². The molecule has 2 heterocycles. The SMILES string of the molecule is Clc1cccc2c1-c1ccccc1C21c2ccccc2Oc2c(-c3ccc(-c4nc(-c5ccccc5)nc(C5CC=CCC5)n4)cc3)cccc21. The normalized spacial score (nSPS) is 18.0. The van der Waals surface area contributed by atoms with Crippen molar-refractivity contribution in [3.8, 4) is 56.5 Å². The summed E-state index contributed by atoms with van der Waals surface area (Å²) in [5.74, 6) is 4.24. The van der Waals surface area contributed by atoms with Crippen LogP contribution in [0.15, 0.2) is 152 Å². The van der Waals surface area contributed by atoms with Crippen molar-refractivity contribution < 1.29 is 4.74 Å². The smallest absolute Gasteiger partial charge is 0.163 e. The fourth-order valence-corrected chi connectivity index (χ4v) is 8.68. The van der Waals surface area contributed by atoms with Gasteiger partial charge in [0.25, 0.3) is 0 Å². The Balaban J connectivity index is 1.12. The molecule has 6 aromatic carbocycles. The maximum Gasteiger partial charge on any atom is 0.163 e. The highest BCUT2D eigenvalue weighted by atomic mass is 35.5. The molecule has 51 heavy (non-hydrogen) atoms. The van der Waals surface area contributed by atoms with Crippen molar-refractivity contribution >= 4 is 11.6 Å². The Kier molecular flexibility index (Phi) is 7.00. The molecule has 2 aliphatic carbocycles. The van der Waals surface area contributed by atoms with E-state index in [1.165, 1.54) is 11.1 Å². The number of aromatic nitrogens is 3. The molecule has 10 rings (SSSR count). The lowest BCUT2D eigenvalue weighted by molar-refractivity contribution is 0.438. The highest BCUT2D eigenvalue weighted by Crippen LogP contribution is 2.64. The molecule has 5 heteroatoms. The minimum absolute atomic E-state index is 0.280. The quantitative estimate of drug-likeness (QED) is 0.174. The Bertz CT molecular complexity index is 2510. The van der Waals surface area contributed by atoms with Crippen molar-refractivity contribution in [3.63, 3.8) is 0 Å². The lowest BCUT2D eigenvalue weighted by Crippen LogP contribution is -2.32. The van der Waals surface area contributed by atoms with Crippen LogP contribution in [-0.4, -0.2) is 15.0 Å². The molecular formula is C46H32ClN3O. The molecule has 0 saturated carbocycles. The van der Waals surface area contributed by atoms with Crippen LogP contribution in [0.3, 0.4) is 0 Å². The van der Waals surface area contributed by atoms with Gasteiger partial charge in [-0.05, 0) is 53.6 Å². The first-order valence-electron chi connectivity index (χ1n) is 17.6. The Morgan fingerprint density at radius 1 is 0.549 bits per heavy atom. The van der Waals surface area contributed by atoms with Crippen molar-refractivity contribution in [1.29, 1.82) is 0 Å². The van der Waals surface area contributed by atoms with Gasteiger partial charge in [-0.2, -0.15) is 0 Å². The summed E-state index contributed by atoms with van der Waals surface area (Å²) in [6, 6.07) is 48.6. The summed E-state index contributed by atoms with van der Waals surface area (Å²) in [4.78, 5) is 15.0. The first-order chi connectivity index (χ1) is 25.2. The fraction of sp³-hybridized carbons (Fsp3) is 0.109. The third-order valence-corrected chi connectivity index (χ3v) is 11.0. The number of benzene rings is 6. The number of hydrogen-bond acceptors (Lipinski definition) is 4. The topological polar surface area (TPSA) is 47.9 Å². The van der Waals surface area contributed by atoms with E-state index in [-0.39, 0.29) is 5.92 Å². The first-order valence-corrected chi connectivity index (χ1v) is 17.9. The van der Waals surface area contributed by atoms with Gasteiger partial charge in [-0.3, -0.25) is 0 Å². The number of ether oxygens (including phenoxy) is 1. The van der Waals surface area contributed by atoms with Gasteiger partial charge in [0.1, 0.15) is 17.3 Å². The van der Waals surface area contributed by atoms with Crippen LogP contribution in [0, 0.1) is 0 Å². The zero-order chi connectivity index (χ0) is 33.9. The van der Waals surface area contributed by atoms with Gasteiger partial charge in [0.05, 0.1) is 5.41 Å². The van der Waals surface area contributed by atoms with Gasteiger partial charge in [-0.15, -0.1) is 0 Å². The molecule has 0 fully saturated rings. The molecule has 0 N–H and O–H groups in total. The van der Waals surface area contributed by atoms with E-state index in [1.54, 1.807) is 0 Å². The molecule has 1 spiro atoms. The van der Waals surface area contributed by atoms with Gasteiger partial charge in [0.2, 0.25) is 0 Å². The molecule has 2 unspecified atom stereocenters. The predicted molar refractivity (Wildman–Crippen MR) is 204 cm³/mol. The zero-order valence-electron chi connectivity index (χ0n) is 27.8. The van der Waals surface area contributed by atoms with Gasteiger partial charge in [-0.25, -0.2) is 15.0 Å². The largest absolute Gasteiger partial charge is 0.456 e. The summed E-state index contributed by atoms with van der Waals surface area (Å²) in [6.45, 7) is 0. The summed E-state index contributed by atoms with van der Waals surface area (Å²) in [5, 5.41) is 0.756. The zero-order valence-corrected chi connectivity index (χ0v) is 28.5. The van der Waals surface area contributed by atoms with Crippen LogP contribution in [0.5, 0.6) is 11.5 Å². The van der Waals surface area contributed by atoms with Crippen LogP contribution in [0.1, 0.15) is 53.3 Å². The van der Waals surface area contributed by atoms with E-state index in [4.69, 9.17) is 31.3 Å². The summed E-state index contributed by atoms with van der Waals surface area (Å²) < 4.78 is 6.90. The number of halogens is 1. The monoisotopic (exact) mass is 677 g/mol. The number of para-hydroxylation sites is 2. The van der Waals surface area contributed by atoms with Crippen LogP contribution < -0.4 is 4.74 Å². The summed E-state index contributed by atoms with van der Waals surface area (Å²) in [6.07, 6.45) is 7.53. The lowest BCUT2D eigenvalue weighted by atomic mass is 9.65. The third-order valence-electron chi connectivity index (χ3n) is 10.7. The number of rotatable bonds is 4. The van der Waals surface area contributed by atoms with Crippen LogP contribution in [0.25, 0.3) is 45.0 Å². The average molecular weight is 678 g/mol. The van der Waals surface area contributed by atoms with E-state index >= 15 is 0 Å². The minimum Gasteiger partial charge on any atom is -0.456 e. The molecule has 1 aromatic heterocycles. The molecule has 1 aliphatic heterocycles. The molecule has 0 bridgehead atoms. The molecule has 3 aliphatic rings. The van der Waals surface area contributed by atoms with Crippen molar-refractivity contribution in [2.75, 3.05) is 0 Å². The number of nitrogens with zero attached hydrogens (tertiary/aromatic N) is 3. The van der Waals surface area contributed by atoms with E-state index in [0.29, 0.717) is 11.6 Å². The molecule has 244 valence electrons. The van der Waals surface area contributed by atoms with Gasteiger partial charge in [0, 0.05) is 44.3 Å². The average Bonchev–Trinajstić information content (AvgIpc) is 3.50. The molecule has 7 aromatic rings. The third kappa shape index (κ3) is 4.63. The second-order valence-corrected chi connectivity index (χ2v) is 13.9. The molecule has 4 nitrogen and oxygen atoms in total. The van der Waals surface area contributed by atoms with Gasteiger partial charge in [0.15, 0.2) is 11.6 Å². The number of hydrogen-bond donors (Lipinski definition) is 0. The Morgan fingerprint density at radius 3 is 2.00 bits per heavy atom. The molecule has 0 saturated heterocycles.